The number of aromatic nitrogens is 1. The molecule has 21 heavy (non-hydrogen) atoms. The first-order valence-corrected chi connectivity index (χ1v) is 7.35. The van der Waals surface area contributed by atoms with Crippen molar-refractivity contribution in [3.05, 3.63) is 40.8 Å². The minimum Gasteiger partial charge on any atom is -0.394 e. The molecule has 112 valence electrons. The van der Waals surface area contributed by atoms with Crippen LogP contribution in [0.2, 0.25) is 0 Å². The fraction of sp³-hybridized carbons (Fsp3) is 0.286. The maximum atomic E-state index is 12.2. The van der Waals surface area contributed by atoms with Crippen LogP contribution in [-0.2, 0) is 6.42 Å². The van der Waals surface area contributed by atoms with Crippen molar-refractivity contribution in [2.75, 3.05) is 24.7 Å². The maximum absolute atomic E-state index is 12.2. The molecule has 1 aromatic carbocycles. The number of amides is 1. The van der Waals surface area contributed by atoms with Crippen molar-refractivity contribution >= 4 is 28.2 Å². The van der Waals surface area contributed by atoms with Gasteiger partial charge >= 0.3 is 0 Å². The van der Waals surface area contributed by atoms with Crippen LogP contribution in [0.1, 0.15) is 15.2 Å². The first kappa shape index (κ1) is 15.3. The first-order valence-electron chi connectivity index (χ1n) is 6.53. The molecule has 7 heteroatoms. The number of carbonyl (C=O) groups excluding carboxylic acids is 1. The van der Waals surface area contributed by atoms with Gasteiger partial charge in [-0.25, -0.2) is 4.98 Å². The van der Waals surface area contributed by atoms with E-state index < -0.39 is 0 Å². The summed E-state index contributed by atoms with van der Waals surface area (Å²) < 4.78 is 0. The number of nitrogens with two attached hydrogens (primary N) is 1. The lowest BCUT2D eigenvalue weighted by atomic mass is 10.1. The lowest BCUT2D eigenvalue weighted by Gasteiger charge is -2.15. The maximum Gasteiger partial charge on any atom is 0.265 e. The van der Waals surface area contributed by atoms with Crippen LogP contribution < -0.4 is 16.4 Å². The summed E-state index contributed by atoms with van der Waals surface area (Å²) in [4.78, 5) is 16.6. The number of benzene rings is 1. The monoisotopic (exact) mass is 306 g/mol. The molecule has 0 bridgehead atoms. The molecule has 0 saturated heterocycles. The zero-order valence-corrected chi connectivity index (χ0v) is 12.5. The fourth-order valence-corrected chi connectivity index (χ4v) is 2.65. The summed E-state index contributed by atoms with van der Waals surface area (Å²) in [5.41, 5.74) is 6.77. The Hall–Kier alpha value is -2.12. The number of nitrogens with one attached hydrogen (secondary N) is 2. The predicted octanol–water partition coefficient (Wildman–Crippen LogP) is 1.10. The van der Waals surface area contributed by atoms with Gasteiger partial charge in [0.15, 0.2) is 5.13 Å². The topological polar surface area (TPSA) is 100 Å². The molecular weight excluding hydrogens is 288 g/mol. The zero-order chi connectivity index (χ0) is 15.2. The van der Waals surface area contributed by atoms with Crippen molar-refractivity contribution in [3.63, 3.8) is 0 Å². The Balaban J connectivity index is 2.04. The number of carbonyl (C=O) groups is 1. The predicted molar refractivity (Wildman–Crippen MR) is 84.6 cm³/mol. The van der Waals surface area contributed by atoms with Gasteiger partial charge in [-0.15, -0.1) is 0 Å². The highest BCUT2D eigenvalue weighted by atomic mass is 32.1. The van der Waals surface area contributed by atoms with Crippen LogP contribution in [0.15, 0.2) is 30.3 Å². The Kier molecular flexibility index (Phi) is 5.13. The Bertz CT molecular complexity index is 600. The summed E-state index contributed by atoms with van der Waals surface area (Å²) in [6.45, 7) is -0.141. The Morgan fingerprint density at radius 1 is 1.43 bits per heavy atom. The van der Waals surface area contributed by atoms with Gasteiger partial charge < -0.3 is 21.5 Å². The molecule has 6 nitrogen and oxygen atoms in total. The summed E-state index contributed by atoms with van der Waals surface area (Å²) in [5.74, 6) is -0.125. The van der Waals surface area contributed by atoms with Crippen molar-refractivity contribution < 1.29 is 9.90 Å². The van der Waals surface area contributed by atoms with Crippen molar-refractivity contribution in [2.24, 2.45) is 0 Å². The molecule has 5 N–H and O–H groups in total. The molecule has 1 amide bonds. The smallest absolute Gasteiger partial charge is 0.265 e. The van der Waals surface area contributed by atoms with Gasteiger partial charge in [0, 0.05) is 7.05 Å². The molecule has 1 heterocycles. The Morgan fingerprint density at radius 2 is 2.14 bits per heavy atom. The third-order valence-corrected chi connectivity index (χ3v) is 4.04. The van der Waals surface area contributed by atoms with E-state index in [1.54, 1.807) is 7.05 Å². The SMILES string of the molecule is CNc1nc(N)c(C(=O)NC(CO)Cc2ccccc2)s1. The van der Waals surface area contributed by atoms with Crippen molar-refractivity contribution in [3.8, 4) is 0 Å². The summed E-state index contributed by atoms with van der Waals surface area (Å²) in [7, 11) is 1.71. The van der Waals surface area contributed by atoms with E-state index in [9.17, 15) is 9.90 Å². The van der Waals surface area contributed by atoms with Crippen LogP contribution in [0.3, 0.4) is 0 Å². The number of anilines is 2. The van der Waals surface area contributed by atoms with Crippen molar-refractivity contribution in [2.45, 2.75) is 12.5 Å². The second-order valence-electron chi connectivity index (χ2n) is 4.53. The van der Waals surface area contributed by atoms with E-state index in [1.165, 1.54) is 11.3 Å². The molecule has 1 unspecified atom stereocenters. The third kappa shape index (κ3) is 3.93. The van der Waals surface area contributed by atoms with E-state index in [0.717, 1.165) is 5.56 Å². The number of aliphatic hydroxyl groups excluding tert-OH is 1. The Labute approximate surface area is 127 Å². The lowest BCUT2D eigenvalue weighted by molar-refractivity contribution is 0.0921. The van der Waals surface area contributed by atoms with Crippen LogP contribution in [0.5, 0.6) is 0 Å². The number of thiazole rings is 1. The zero-order valence-electron chi connectivity index (χ0n) is 11.7. The third-order valence-electron chi connectivity index (χ3n) is 2.95. The lowest BCUT2D eigenvalue weighted by Crippen LogP contribution is -2.39. The van der Waals surface area contributed by atoms with Gasteiger partial charge in [-0.1, -0.05) is 41.7 Å². The van der Waals surface area contributed by atoms with Crippen molar-refractivity contribution in [1.29, 1.82) is 0 Å². The molecule has 1 aromatic heterocycles. The standard InChI is InChI=1S/C14H18N4O2S/c1-16-14-18-12(15)11(21-14)13(20)17-10(8-19)7-9-5-3-2-4-6-9/h2-6,10,19H,7-8,15H2,1H3,(H,16,18)(H,17,20). The highest BCUT2D eigenvalue weighted by Gasteiger charge is 2.19. The van der Waals surface area contributed by atoms with E-state index in [4.69, 9.17) is 5.73 Å². The molecule has 1 atom stereocenters. The highest BCUT2D eigenvalue weighted by Crippen LogP contribution is 2.24. The largest absolute Gasteiger partial charge is 0.394 e. The van der Waals surface area contributed by atoms with Crippen LogP contribution in [0, 0.1) is 0 Å². The Morgan fingerprint density at radius 3 is 2.71 bits per heavy atom. The highest BCUT2D eigenvalue weighted by molar-refractivity contribution is 7.18. The number of hydrogen-bond acceptors (Lipinski definition) is 6. The van der Waals surface area contributed by atoms with Crippen LogP contribution in [-0.4, -0.2) is 35.7 Å². The molecule has 2 aromatic rings. The summed E-state index contributed by atoms with van der Waals surface area (Å²) in [5, 5.41) is 15.6. The minimum absolute atomic E-state index is 0.141. The van der Waals surface area contributed by atoms with E-state index >= 15 is 0 Å². The molecule has 0 radical (unpaired) electrons. The first-order chi connectivity index (χ1) is 10.1. The van der Waals surface area contributed by atoms with Crippen LogP contribution in [0.25, 0.3) is 0 Å². The van der Waals surface area contributed by atoms with Gasteiger partial charge in [-0.05, 0) is 12.0 Å². The van der Waals surface area contributed by atoms with E-state index in [-0.39, 0.29) is 24.4 Å². The quantitative estimate of drug-likeness (QED) is 0.640. The fourth-order valence-electron chi connectivity index (χ4n) is 1.91. The number of aliphatic hydroxyl groups is 1. The molecule has 0 spiro atoms. The number of rotatable bonds is 6. The summed E-state index contributed by atoms with van der Waals surface area (Å²) in [6, 6.07) is 9.31. The molecule has 0 aliphatic heterocycles. The van der Waals surface area contributed by atoms with Crippen LogP contribution >= 0.6 is 11.3 Å². The number of nitrogen functional groups attached to an aromatic ring is 1. The van der Waals surface area contributed by atoms with Crippen molar-refractivity contribution in [1.82, 2.24) is 10.3 Å². The second-order valence-corrected chi connectivity index (χ2v) is 5.53. The van der Waals surface area contributed by atoms with Gasteiger partial charge in [-0.3, -0.25) is 4.79 Å². The molecular formula is C14H18N4O2S. The second kappa shape index (κ2) is 7.05. The summed E-state index contributed by atoms with van der Waals surface area (Å²) >= 11 is 1.19. The average Bonchev–Trinajstić information content (AvgIpc) is 2.88. The van der Waals surface area contributed by atoms with E-state index in [2.05, 4.69) is 15.6 Å². The number of hydrogen-bond donors (Lipinski definition) is 4. The minimum atomic E-state index is -0.362. The van der Waals surface area contributed by atoms with Gasteiger partial charge in [0.1, 0.15) is 10.7 Å². The molecule has 0 fully saturated rings. The van der Waals surface area contributed by atoms with E-state index in [0.29, 0.717) is 16.4 Å². The average molecular weight is 306 g/mol. The molecule has 0 aliphatic carbocycles. The van der Waals surface area contributed by atoms with Gasteiger partial charge in [0.05, 0.1) is 12.6 Å². The summed E-state index contributed by atoms with van der Waals surface area (Å²) in [6.07, 6.45) is 0.556. The van der Waals surface area contributed by atoms with Gasteiger partial charge in [-0.2, -0.15) is 0 Å². The van der Waals surface area contributed by atoms with E-state index in [1.807, 2.05) is 30.3 Å². The van der Waals surface area contributed by atoms with Gasteiger partial charge in [0.2, 0.25) is 0 Å². The number of nitrogens with zero attached hydrogens (tertiary/aromatic N) is 1. The normalized spacial score (nSPS) is 11.9. The molecule has 0 aliphatic rings. The van der Waals surface area contributed by atoms with Crippen LogP contribution in [0.4, 0.5) is 10.9 Å². The molecule has 2 rings (SSSR count). The van der Waals surface area contributed by atoms with Gasteiger partial charge in [0.25, 0.3) is 5.91 Å². The molecule has 0 saturated carbocycles.